The first-order valence-corrected chi connectivity index (χ1v) is 6.56. The maximum absolute atomic E-state index is 8.64. The molecular weight excluding hydrogens is 276 g/mol. The van der Waals surface area contributed by atoms with Crippen LogP contribution in [-0.4, -0.2) is 15.4 Å². The second-order valence-electron chi connectivity index (χ2n) is 4.33. The van der Waals surface area contributed by atoms with E-state index < -0.39 is 0 Å². The summed E-state index contributed by atoms with van der Waals surface area (Å²) in [6.07, 6.45) is 0.374. The molecule has 20 heavy (non-hydrogen) atoms. The zero-order valence-electron chi connectivity index (χ0n) is 11.1. The topological polar surface area (TPSA) is 54.7 Å². The van der Waals surface area contributed by atoms with Crippen molar-refractivity contribution in [1.29, 1.82) is 0 Å². The Balaban J connectivity index is 2.09. The van der Waals surface area contributed by atoms with E-state index in [0.29, 0.717) is 18.9 Å². The largest absolute Gasteiger partial charge is 0.473 e. The van der Waals surface area contributed by atoms with Crippen molar-refractivity contribution in [2.75, 3.05) is 0 Å². The summed E-state index contributed by atoms with van der Waals surface area (Å²) in [6, 6.07) is 13.3. The van der Waals surface area contributed by atoms with Gasteiger partial charge in [0.1, 0.15) is 11.8 Å². The lowest BCUT2D eigenvalue weighted by Crippen LogP contribution is -2.04. The molecule has 0 saturated carbocycles. The van der Waals surface area contributed by atoms with Crippen LogP contribution in [0.5, 0.6) is 5.88 Å². The fourth-order valence-electron chi connectivity index (χ4n) is 1.81. The van der Waals surface area contributed by atoms with E-state index in [-0.39, 0.29) is 5.17 Å². The van der Waals surface area contributed by atoms with Gasteiger partial charge < -0.3 is 9.94 Å². The number of benzene rings is 1. The van der Waals surface area contributed by atoms with E-state index in [1.807, 2.05) is 49.4 Å². The second-order valence-corrected chi connectivity index (χ2v) is 4.76. The predicted octanol–water partition coefficient (Wildman–Crippen LogP) is 3.54. The van der Waals surface area contributed by atoms with Gasteiger partial charge in [0.2, 0.25) is 5.88 Å². The van der Waals surface area contributed by atoms with E-state index in [0.717, 1.165) is 16.8 Å². The number of pyridine rings is 1. The molecule has 1 heterocycles. The molecule has 0 atom stereocenters. The molecule has 0 amide bonds. The molecule has 1 aromatic heterocycles. The van der Waals surface area contributed by atoms with Gasteiger partial charge in [-0.1, -0.05) is 47.1 Å². The molecule has 0 bridgehead atoms. The Labute approximate surface area is 122 Å². The molecule has 0 fully saturated rings. The molecule has 1 N–H and O–H groups in total. The molecule has 0 spiro atoms. The Morgan fingerprint density at radius 3 is 2.65 bits per heavy atom. The van der Waals surface area contributed by atoms with E-state index in [1.165, 1.54) is 0 Å². The van der Waals surface area contributed by atoms with Crippen LogP contribution in [0.3, 0.4) is 0 Å². The van der Waals surface area contributed by atoms with Crippen molar-refractivity contribution in [3.05, 3.63) is 59.3 Å². The summed E-state index contributed by atoms with van der Waals surface area (Å²) in [5.74, 6) is 0.585. The van der Waals surface area contributed by atoms with Crippen LogP contribution in [0, 0.1) is 6.92 Å². The number of hydrogen-bond acceptors (Lipinski definition) is 4. The van der Waals surface area contributed by atoms with Crippen molar-refractivity contribution in [3.63, 3.8) is 0 Å². The van der Waals surface area contributed by atoms with Crippen molar-refractivity contribution in [1.82, 2.24) is 4.98 Å². The number of aromatic nitrogens is 1. The van der Waals surface area contributed by atoms with Crippen LogP contribution in [0.2, 0.25) is 0 Å². The van der Waals surface area contributed by atoms with Crippen molar-refractivity contribution in [3.8, 4) is 5.88 Å². The molecule has 4 nitrogen and oxygen atoms in total. The van der Waals surface area contributed by atoms with Crippen LogP contribution >= 0.6 is 11.6 Å². The summed E-state index contributed by atoms with van der Waals surface area (Å²) in [5, 5.41) is 11.8. The summed E-state index contributed by atoms with van der Waals surface area (Å²) in [4.78, 5) is 4.28. The number of halogens is 1. The first kappa shape index (κ1) is 14.3. The third-order valence-electron chi connectivity index (χ3n) is 2.80. The van der Waals surface area contributed by atoms with Crippen LogP contribution in [0.25, 0.3) is 0 Å². The second kappa shape index (κ2) is 6.91. The van der Waals surface area contributed by atoms with Gasteiger partial charge in [-0.15, -0.1) is 0 Å². The zero-order chi connectivity index (χ0) is 14.4. The number of rotatable bonds is 5. The normalized spacial score (nSPS) is 11.4. The summed E-state index contributed by atoms with van der Waals surface area (Å²) in [7, 11) is 0. The quantitative estimate of drug-likeness (QED) is 0.520. The summed E-state index contributed by atoms with van der Waals surface area (Å²) in [6.45, 7) is 2.31. The Bertz CT molecular complexity index is 614. The third-order valence-corrected chi connectivity index (χ3v) is 3.01. The number of oxime groups is 1. The molecule has 1 aromatic carbocycles. The Morgan fingerprint density at radius 2 is 1.95 bits per heavy atom. The Morgan fingerprint density at radius 1 is 1.20 bits per heavy atom. The van der Waals surface area contributed by atoms with Crippen molar-refractivity contribution >= 4 is 16.8 Å². The summed E-state index contributed by atoms with van der Waals surface area (Å²) >= 11 is 5.76. The van der Waals surface area contributed by atoms with E-state index >= 15 is 0 Å². The Kier molecular flexibility index (Phi) is 4.96. The molecule has 0 aliphatic rings. The van der Waals surface area contributed by atoms with E-state index in [4.69, 9.17) is 21.5 Å². The van der Waals surface area contributed by atoms with Crippen LogP contribution in [0.1, 0.15) is 16.8 Å². The van der Waals surface area contributed by atoms with Crippen LogP contribution in [0.15, 0.2) is 47.6 Å². The molecule has 0 aliphatic carbocycles. The predicted molar refractivity (Wildman–Crippen MR) is 78.5 cm³/mol. The average molecular weight is 291 g/mol. The van der Waals surface area contributed by atoms with Crippen molar-refractivity contribution in [2.45, 2.75) is 20.0 Å². The van der Waals surface area contributed by atoms with Gasteiger partial charge in [0.05, 0.1) is 0 Å². The van der Waals surface area contributed by atoms with Gasteiger partial charge in [0.15, 0.2) is 0 Å². The molecule has 5 heteroatoms. The molecule has 2 aromatic rings. The van der Waals surface area contributed by atoms with Gasteiger partial charge in [-0.3, -0.25) is 0 Å². The SMILES string of the molecule is Cc1cccc(OCc2ccccc2CC(Cl)=NO)n1. The van der Waals surface area contributed by atoms with Crippen molar-refractivity contribution < 1.29 is 9.94 Å². The van der Waals surface area contributed by atoms with Crippen LogP contribution in [-0.2, 0) is 13.0 Å². The number of ether oxygens (including phenoxy) is 1. The smallest absolute Gasteiger partial charge is 0.213 e. The maximum atomic E-state index is 8.64. The van der Waals surface area contributed by atoms with Gasteiger partial charge in [-0.05, 0) is 24.1 Å². The Hall–Kier alpha value is -2.07. The number of nitrogens with zero attached hydrogens (tertiary/aromatic N) is 2. The minimum Gasteiger partial charge on any atom is -0.473 e. The van der Waals surface area contributed by atoms with E-state index in [1.54, 1.807) is 0 Å². The fourth-order valence-corrected chi connectivity index (χ4v) is 1.96. The lowest BCUT2D eigenvalue weighted by molar-refractivity contribution is 0.292. The highest BCUT2D eigenvalue weighted by atomic mass is 35.5. The van der Waals surface area contributed by atoms with Gasteiger partial charge in [0.25, 0.3) is 0 Å². The first-order valence-electron chi connectivity index (χ1n) is 6.18. The number of aryl methyl sites for hydroxylation is 1. The van der Waals surface area contributed by atoms with Gasteiger partial charge >= 0.3 is 0 Å². The van der Waals surface area contributed by atoms with Gasteiger partial charge in [-0.2, -0.15) is 0 Å². The fraction of sp³-hybridized carbons (Fsp3) is 0.200. The summed E-state index contributed by atoms with van der Waals surface area (Å²) in [5.41, 5.74) is 2.85. The molecule has 2 rings (SSSR count). The highest BCUT2D eigenvalue weighted by Gasteiger charge is 2.06. The molecule has 104 valence electrons. The minimum absolute atomic E-state index is 0.145. The average Bonchev–Trinajstić information content (AvgIpc) is 2.46. The molecular formula is C15H15ClN2O2. The highest BCUT2D eigenvalue weighted by molar-refractivity contribution is 6.65. The molecule has 0 aliphatic heterocycles. The maximum Gasteiger partial charge on any atom is 0.213 e. The standard InChI is InChI=1S/C15H15ClN2O2/c1-11-5-4-8-15(17-11)20-10-13-7-3-2-6-12(13)9-14(16)18-19/h2-8,19H,9-10H2,1H3. The monoisotopic (exact) mass is 290 g/mol. The van der Waals surface area contributed by atoms with Crippen molar-refractivity contribution in [2.24, 2.45) is 5.16 Å². The lowest BCUT2D eigenvalue weighted by Gasteiger charge is -2.10. The lowest BCUT2D eigenvalue weighted by atomic mass is 10.1. The zero-order valence-corrected chi connectivity index (χ0v) is 11.8. The summed E-state index contributed by atoms with van der Waals surface area (Å²) < 4.78 is 5.67. The minimum atomic E-state index is 0.145. The number of hydrogen-bond donors (Lipinski definition) is 1. The van der Waals surface area contributed by atoms with Crippen LogP contribution in [0.4, 0.5) is 0 Å². The van der Waals surface area contributed by atoms with Gasteiger partial charge in [-0.25, -0.2) is 4.98 Å². The highest BCUT2D eigenvalue weighted by Crippen LogP contribution is 2.15. The third kappa shape index (κ3) is 3.96. The van der Waals surface area contributed by atoms with E-state index in [2.05, 4.69) is 10.1 Å². The molecule has 0 saturated heterocycles. The molecule has 0 unspecified atom stereocenters. The molecule has 0 radical (unpaired) electrons. The van der Waals surface area contributed by atoms with E-state index in [9.17, 15) is 0 Å². The first-order chi connectivity index (χ1) is 9.69. The van der Waals surface area contributed by atoms with Gasteiger partial charge in [0, 0.05) is 18.2 Å². The van der Waals surface area contributed by atoms with Crippen LogP contribution < -0.4 is 4.74 Å².